The molecule has 2 atom stereocenters. The van der Waals surface area contributed by atoms with Crippen LogP contribution in [0, 0.1) is 0 Å². The molecule has 1 aromatic heterocycles. The van der Waals surface area contributed by atoms with E-state index in [9.17, 15) is 4.79 Å². The molecule has 1 aromatic rings. The van der Waals surface area contributed by atoms with Crippen molar-refractivity contribution in [2.75, 3.05) is 20.6 Å². The van der Waals surface area contributed by atoms with Gasteiger partial charge in [-0.15, -0.1) is 0 Å². The van der Waals surface area contributed by atoms with Crippen LogP contribution in [0.3, 0.4) is 0 Å². The lowest BCUT2D eigenvalue weighted by Crippen LogP contribution is -2.48. The number of hydrogen-bond donors (Lipinski definition) is 1. The number of aliphatic imine (C=N–C) groups is 1. The highest BCUT2D eigenvalue weighted by molar-refractivity contribution is 5.82. The molecule has 0 spiro atoms. The van der Waals surface area contributed by atoms with Crippen LogP contribution in [0.4, 0.5) is 0 Å². The first-order chi connectivity index (χ1) is 16.2. The summed E-state index contributed by atoms with van der Waals surface area (Å²) in [5, 5.41) is 3.28. The van der Waals surface area contributed by atoms with E-state index in [1.807, 2.05) is 43.7 Å². The fourth-order valence-electron chi connectivity index (χ4n) is 4.71. The molecular weight excluding hydrogens is 408 g/mol. The Hall–Kier alpha value is -2.53. The van der Waals surface area contributed by atoms with E-state index in [0.29, 0.717) is 0 Å². The molecule has 178 valence electrons. The number of pyridine rings is 1. The van der Waals surface area contributed by atoms with Gasteiger partial charge in [-0.3, -0.25) is 14.8 Å². The minimum Gasteiger partial charge on any atom is -0.341 e. The number of aryl methyl sites for hydroxylation is 1. The molecule has 1 N–H and O–H groups in total. The molecule has 2 unspecified atom stereocenters. The average molecular weight is 449 g/mol. The average Bonchev–Trinajstić information content (AvgIpc) is 2.87. The summed E-state index contributed by atoms with van der Waals surface area (Å²) in [5.41, 5.74) is 3.96. The number of amides is 1. The third-order valence-corrected chi connectivity index (χ3v) is 6.76. The molecule has 0 aromatic carbocycles. The lowest BCUT2D eigenvalue weighted by molar-refractivity contribution is -0.134. The van der Waals surface area contributed by atoms with Gasteiger partial charge in [0, 0.05) is 38.2 Å². The number of carbonyl (C=O) groups excluding carboxylic acids is 1. The van der Waals surface area contributed by atoms with Gasteiger partial charge in [0.2, 0.25) is 5.91 Å². The Morgan fingerprint density at radius 1 is 1.21 bits per heavy atom. The van der Waals surface area contributed by atoms with Crippen molar-refractivity contribution in [3.8, 4) is 0 Å². The summed E-state index contributed by atoms with van der Waals surface area (Å²) in [6.45, 7) is 0.912. The molecule has 0 saturated carbocycles. The fourth-order valence-corrected chi connectivity index (χ4v) is 4.71. The first kappa shape index (κ1) is 25.1. The topological polar surface area (TPSA) is 57.6 Å². The summed E-state index contributed by atoms with van der Waals surface area (Å²) in [6, 6.07) is 4.21. The Kier molecular flexibility index (Phi) is 10.6. The number of hydrogen-bond acceptors (Lipinski definition) is 4. The summed E-state index contributed by atoms with van der Waals surface area (Å²) in [6.07, 6.45) is 24.7. The van der Waals surface area contributed by atoms with Crippen molar-refractivity contribution in [1.29, 1.82) is 0 Å². The lowest BCUT2D eigenvalue weighted by Gasteiger charge is -2.32. The van der Waals surface area contributed by atoms with Gasteiger partial charge < -0.3 is 10.2 Å². The molecule has 3 rings (SSSR count). The summed E-state index contributed by atoms with van der Waals surface area (Å²) in [5.74, 6) is 0.206. The van der Waals surface area contributed by atoms with E-state index in [-0.39, 0.29) is 18.0 Å². The maximum absolute atomic E-state index is 13.5. The highest BCUT2D eigenvalue weighted by Gasteiger charge is 2.26. The monoisotopic (exact) mass is 448 g/mol. The van der Waals surface area contributed by atoms with Gasteiger partial charge in [0.15, 0.2) is 0 Å². The Morgan fingerprint density at radius 2 is 2.06 bits per heavy atom. The quantitative estimate of drug-likeness (QED) is 0.459. The second kappa shape index (κ2) is 13.9. The van der Waals surface area contributed by atoms with Crippen LogP contribution in [0.25, 0.3) is 0 Å². The third kappa shape index (κ3) is 8.39. The van der Waals surface area contributed by atoms with Gasteiger partial charge in [0.1, 0.15) is 0 Å². The van der Waals surface area contributed by atoms with E-state index in [0.717, 1.165) is 70.8 Å². The smallest absolute Gasteiger partial charge is 0.240 e. The van der Waals surface area contributed by atoms with Crippen LogP contribution in [0.15, 0.2) is 65.0 Å². The maximum atomic E-state index is 13.5. The van der Waals surface area contributed by atoms with Crippen molar-refractivity contribution in [2.24, 2.45) is 4.99 Å². The van der Waals surface area contributed by atoms with E-state index >= 15 is 0 Å². The molecule has 0 fully saturated rings. The van der Waals surface area contributed by atoms with Crippen molar-refractivity contribution in [2.45, 2.75) is 76.3 Å². The molecule has 1 aliphatic carbocycles. The Labute approximate surface area is 199 Å². The van der Waals surface area contributed by atoms with Crippen LogP contribution in [-0.4, -0.2) is 54.7 Å². The van der Waals surface area contributed by atoms with Crippen molar-refractivity contribution >= 4 is 12.1 Å². The van der Waals surface area contributed by atoms with Gasteiger partial charge in [-0.2, -0.15) is 0 Å². The van der Waals surface area contributed by atoms with Crippen molar-refractivity contribution in [3.63, 3.8) is 0 Å². The number of nitrogens with zero attached hydrogens (tertiary/aromatic N) is 3. The highest BCUT2D eigenvalue weighted by Crippen LogP contribution is 2.22. The van der Waals surface area contributed by atoms with Crippen LogP contribution in [0.5, 0.6) is 0 Å². The summed E-state index contributed by atoms with van der Waals surface area (Å²) in [4.78, 5) is 24.1. The molecule has 0 saturated heterocycles. The van der Waals surface area contributed by atoms with Crippen LogP contribution in [0.2, 0.25) is 0 Å². The summed E-state index contributed by atoms with van der Waals surface area (Å²) >= 11 is 0. The number of aromatic nitrogens is 1. The second-order valence-corrected chi connectivity index (χ2v) is 9.19. The molecule has 2 heterocycles. The molecule has 0 bridgehead atoms. The van der Waals surface area contributed by atoms with E-state index in [1.165, 1.54) is 16.7 Å². The van der Waals surface area contributed by atoms with Crippen LogP contribution in [-0.2, 0) is 11.2 Å². The number of dihydropyridines is 1. The number of carbonyl (C=O) groups is 1. The summed E-state index contributed by atoms with van der Waals surface area (Å²) < 4.78 is 0. The largest absolute Gasteiger partial charge is 0.341 e. The van der Waals surface area contributed by atoms with E-state index < -0.39 is 0 Å². The number of nitrogens with one attached hydrogen (secondary N) is 1. The normalized spacial score (nSPS) is 17.3. The Bertz CT molecular complexity index is 856. The SMILES string of the molecule is CNC(CC1=CC=CCC1)C(=O)N(C)C(CCCC1=CCCN=C1)CCCc1cccnc1. The lowest BCUT2D eigenvalue weighted by atomic mass is 9.95. The first-order valence-electron chi connectivity index (χ1n) is 12.5. The minimum absolute atomic E-state index is 0.165. The highest BCUT2D eigenvalue weighted by atomic mass is 16.2. The van der Waals surface area contributed by atoms with E-state index in [4.69, 9.17) is 0 Å². The van der Waals surface area contributed by atoms with Crippen molar-refractivity contribution in [1.82, 2.24) is 15.2 Å². The van der Waals surface area contributed by atoms with Crippen molar-refractivity contribution < 1.29 is 4.79 Å². The molecule has 2 aliphatic rings. The molecule has 1 aliphatic heterocycles. The van der Waals surface area contributed by atoms with Crippen molar-refractivity contribution in [3.05, 3.63) is 65.5 Å². The van der Waals surface area contributed by atoms with Gasteiger partial charge in [-0.05, 0) is 88.5 Å². The zero-order valence-electron chi connectivity index (χ0n) is 20.4. The van der Waals surface area contributed by atoms with Crippen LogP contribution in [0.1, 0.15) is 63.4 Å². The zero-order valence-corrected chi connectivity index (χ0v) is 20.4. The molecule has 1 amide bonds. The van der Waals surface area contributed by atoms with Crippen LogP contribution < -0.4 is 5.32 Å². The van der Waals surface area contributed by atoms with E-state index in [2.05, 4.69) is 45.7 Å². The zero-order chi connectivity index (χ0) is 23.3. The standard InChI is InChI=1S/C28H40N4O/c1-29-27(20-23-10-4-3-5-11-23)28(33)32(2)26(16-6-12-24-14-8-18-30-21-24)17-7-13-25-15-9-19-31-22-25/h3-4,8,10,14-15,18,21-22,26-27,29H,5-7,9,11-13,16-17,19-20H2,1-2H3. The Morgan fingerprint density at radius 3 is 2.73 bits per heavy atom. The fraction of sp³-hybridized carbons (Fsp3) is 0.536. The first-order valence-corrected chi connectivity index (χ1v) is 12.5. The second-order valence-electron chi connectivity index (χ2n) is 9.19. The van der Waals surface area contributed by atoms with E-state index in [1.54, 1.807) is 0 Å². The minimum atomic E-state index is -0.165. The van der Waals surface area contributed by atoms with Gasteiger partial charge in [-0.1, -0.05) is 35.9 Å². The predicted octanol–water partition coefficient (Wildman–Crippen LogP) is 5.06. The molecule has 5 nitrogen and oxygen atoms in total. The Balaban J connectivity index is 1.59. The van der Waals surface area contributed by atoms with Crippen LogP contribution >= 0.6 is 0 Å². The third-order valence-electron chi connectivity index (χ3n) is 6.76. The van der Waals surface area contributed by atoms with Gasteiger partial charge in [0.25, 0.3) is 0 Å². The van der Waals surface area contributed by atoms with Gasteiger partial charge >= 0.3 is 0 Å². The molecule has 0 radical (unpaired) electrons. The van der Waals surface area contributed by atoms with Gasteiger partial charge in [-0.25, -0.2) is 0 Å². The maximum Gasteiger partial charge on any atom is 0.240 e. The van der Waals surface area contributed by atoms with Gasteiger partial charge in [0.05, 0.1) is 6.04 Å². The predicted molar refractivity (Wildman–Crippen MR) is 138 cm³/mol. The molecular formula is C28H40N4O. The number of allylic oxidation sites excluding steroid dienone is 4. The molecule has 5 heteroatoms. The number of likely N-dealkylation sites (N-methyl/N-ethyl adjacent to an activating group) is 2. The number of rotatable bonds is 13. The summed E-state index contributed by atoms with van der Waals surface area (Å²) in [7, 11) is 3.90. The molecule has 33 heavy (non-hydrogen) atoms.